The molecule has 0 spiro atoms. The van der Waals surface area contributed by atoms with E-state index in [1.165, 1.54) is 30.3 Å². The lowest BCUT2D eigenvalue weighted by atomic mass is 10.0. The van der Waals surface area contributed by atoms with Crippen molar-refractivity contribution in [1.29, 1.82) is 0 Å². The van der Waals surface area contributed by atoms with Gasteiger partial charge in [0.1, 0.15) is 16.9 Å². The third-order valence-corrected chi connectivity index (χ3v) is 4.24. The Balaban J connectivity index is 2.14. The molecule has 0 bridgehead atoms. The van der Waals surface area contributed by atoms with E-state index in [4.69, 9.17) is 27.9 Å². The SMILES string of the molecule is CC(C)[C@H](NC(=O)c1ccc(F)cc1)C(=O)Oc1cccc(Cl)c1Cl. The molecule has 1 atom stereocenters. The largest absolute Gasteiger partial charge is 0.423 e. The quantitative estimate of drug-likeness (QED) is 0.611. The van der Waals surface area contributed by atoms with Crippen LogP contribution in [0.4, 0.5) is 4.39 Å². The van der Waals surface area contributed by atoms with E-state index in [0.717, 1.165) is 0 Å². The first-order chi connectivity index (χ1) is 11.8. The topological polar surface area (TPSA) is 55.4 Å². The first-order valence-corrected chi connectivity index (χ1v) is 8.27. The summed E-state index contributed by atoms with van der Waals surface area (Å²) in [5, 5.41) is 2.96. The van der Waals surface area contributed by atoms with Gasteiger partial charge in [0.15, 0.2) is 5.75 Å². The average Bonchev–Trinajstić information content (AvgIpc) is 2.56. The number of ether oxygens (including phenoxy) is 1. The number of hydrogen-bond acceptors (Lipinski definition) is 3. The van der Waals surface area contributed by atoms with Crippen molar-refractivity contribution in [2.75, 3.05) is 0 Å². The van der Waals surface area contributed by atoms with E-state index in [1.54, 1.807) is 26.0 Å². The molecule has 0 aromatic heterocycles. The van der Waals surface area contributed by atoms with E-state index in [1.807, 2.05) is 0 Å². The highest BCUT2D eigenvalue weighted by Gasteiger charge is 2.27. The van der Waals surface area contributed by atoms with Crippen LogP contribution >= 0.6 is 23.2 Å². The molecule has 0 saturated carbocycles. The minimum Gasteiger partial charge on any atom is -0.423 e. The number of carbonyl (C=O) groups is 2. The van der Waals surface area contributed by atoms with Gasteiger partial charge in [0.05, 0.1) is 5.02 Å². The molecule has 1 amide bonds. The lowest BCUT2D eigenvalue weighted by molar-refractivity contribution is -0.137. The number of rotatable bonds is 5. The molecule has 25 heavy (non-hydrogen) atoms. The van der Waals surface area contributed by atoms with Gasteiger partial charge in [-0.15, -0.1) is 0 Å². The van der Waals surface area contributed by atoms with Gasteiger partial charge in [-0.2, -0.15) is 0 Å². The zero-order valence-electron chi connectivity index (χ0n) is 13.6. The van der Waals surface area contributed by atoms with Gasteiger partial charge >= 0.3 is 5.97 Å². The van der Waals surface area contributed by atoms with Crippen LogP contribution in [0, 0.1) is 11.7 Å². The summed E-state index contributed by atoms with van der Waals surface area (Å²) in [4.78, 5) is 24.7. The Morgan fingerprint density at radius 1 is 1.08 bits per heavy atom. The Hall–Kier alpha value is -2.11. The van der Waals surface area contributed by atoms with Crippen molar-refractivity contribution in [3.8, 4) is 5.75 Å². The van der Waals surface area contributed by atoms with Crippen LogP contribution in [0.15, 0.2) is 42.5 Å². The lowest BCUT2D eigenvalue weighted by Crippen LogP contribution is -2.46. The molecule has 4 nitrogen and oxygen atoms in total. The summed E-state index contributed by atoms with van der Waals surface area (Å²) < 4.78 is 18.2. The van der Waals surface area contributed by atoms with E-state index in [-0.39, 0.29) is 27.3 Å². The summed E-state index contributed by atoms with van der Waals surface area (Å²) >= 11 is 11.9. The Morgan fingerprint density at radius 2 is 1.72 bits per heavy atom. The Labute approximate surface area is 154 Å². The molecule has 0 saturated heterocycles. The lowest BCUT2D eigenvalue weighted by Gasteiger charge is -2.21. The highest BCUT2D eigenvalue weighted by molar-refractivity contribution is 6.43. The van der Waals surface area contributed by atoms with Gasteiger partial charge in [-0.3, -0.25) is 4.79 Å². The molecule has 2 aromatic rings. The van der Waals surface area contributed by atoms with Crippen LogP contribution in [-0.2, 0) is 4.79 Å². The summed E-state index contributed by atoms with van der Waals surface area (Å²) in [6.45, 7) is 3.52. The predicted octanol–water partition coefficient (Wildman–Crippen LogP) is 4.49. The van der Waals surface area contributed by atoms with E-state index in [2.05, 4.69) is 5.32 Å². The van der Waals surface area contributed by atoms with Gasteiger partial charge in [-0.25, -0.2) is 9.18 Å². The van der Waals surface area contributed by atoms with Crippen LogP contribution < -0.4 is 10.1 Å². The van der Waals surface area contributed by atoms with E-state index in [9.17, 15) is 14.0 Å². The molecule has 132 valence electrons. The van der Waals surface area contributed by atoms with Crippen LogP contribution in [0.25, 0.3) is 0 Å². The van der Waals surface area contributed by atoms with Gasteiger partial charge in [0.2, 0.25) is 0 Å². The van der Waals surface area contributed by atoms with Gasteiger partial charge in [0, 0.05) is 5.56 Å². The third kappa shape index (κ3) is 4.94. The fourth-order valence-corrected chi connectivity index (χ4v) is 2.39. The maximum Gasteiger partial charge on any atom is 0.334 e. The van der Waals surface area contributed by atoms with Crippen molar-refractivity contribution in [3.05, 3.63) is 63.9 Å². The van der Waals surface area contributed by atoms with Crippen LogP contribution in [0.5, 0.6) is 5.75 Å². The number of amides is 1. The molecule has 0 fully saturated rings. The van der Waals surface area contributed by atoms with Gasteiger partial charge in [0.25, 0.3) is 5.91 Å². The molecule has 0 aliphatic heterocycles. The number of halogens is 3. The van der Waals surface area contributed by atoms with Crippen molar-refractivity contribution >= 4 is 35.1 Å². The number of esters is 1. The second-order valence-electron chi connectivity index (χ2n) is 5.68. The molecule has 0 aliphatic rings. The normalized spacial score (nSPS) is 11.9. The zero-order valence-corrected chi connectivity index (χ0v) is 15.1. The molecule has 0 unspecified atom stereocenters. The first-order valence-electron chi connectivity index (χ1n) is 7.51. The van der Waals surface area contributed by atoms with Crippen molar-refractivity contribution in [2.45, 2.75) is 19.9 Å². The summed E-state index contributed by atoms with van der Waals surface area (Å²) in [6.07, 6.45) is 0. The van der Waals surface area contributed by atoms with Crippen molar-refractivity contribution in [1.82, 2.24) is 5.32 Å². The number of hydrogen-bond donors (Lipinski definition) is 1. The van der Waals surface area contributed by atoms with Gasteiger partial charge < -0.3 is 10.1 Å². The van der Waals surface area contributed by atoms with Crippen LogP contribution in [0.1, 0.15) is 24.2 Å². The zero-order chi connectivity index (χ0) is 18.6. The number of benzene rings is 2. The number of carbonyl (C=O) groups excluding carboxylic acids is 2. The maximum atomic E-state index is 13.0. The Bertz CT molecular complexity index is 778. The summed E-state index contributed by atoms with van der Waals surface area (Å²) in [6, 6.07) is 8.77. The molecule has 0 heterocycles. The highest BCUT2D eigenvalue weighted by Crippen LogP contribution is 2.31. The molecule has 2 aromatic carbocycles. The molecular formula is C18H16Cl2FNO3. The van der Waals surface area contributed by atoms with E-state index >= 15 is 0 Å². The molecule has 1 N–H and O–H groups in total. The third-order valence-electron chi connectivity index (χ3n) is 3.44. The summed E-state index contributed by atoms with van der Waals surface area (Å²) in [7, 11) is 0. The highest BCUT2D eigenvalue weighted by atomic mass is 35.5. The van der Waals surface area contributed by atoms with Crippen molar-refractivity contribution in [3.63, 3.8) is 0 Å². The van der Waals surface area contributed by atoms with Crippen molar-refractivity contribution < 1.29 is 18.7 Å². The summed E-state index contributed by atoms with van der Waals surface area (Å²) in [5.41, 5.74) is 0.237. The van der Waals surface area contributed by atoms with Crippen LogP contribution in [0.3, 0.4) is 0 Å². The summed E-state index contributed by atoms with van der Waals surface area (Å²) in [5.74, 6) is -1.76. The van der Waals surface area contributed by atoms with E-state index < -0.39 is 23.7 Å². The Kier molecular flexibility index (Phi) is 6.39. The Morgan fingerprint density at radius 3 is 2.32 bits per heavy atom. The average molecular weight is 384 g/mol. The first kappa shape index (κ1) is 19.2. The maximum absolute atomic E-state index is 13.0. The second kappa shape index (κ2) is 8.32. The standard InChI is InChI=1S/C18H16Cl2FNO3/c1-10(2)16(22-17(23)11-6-8-12(21)9-7-11)18(24)25-14-5-3-4-13(19)15(14)20/h3-10,16H,1-2H3,(H,22,23)/t16-/m0/s1. The molecular weight excluding hydrogens is 368 g/mol. The van der Waals surface area contributed by atoms with Gasteiger partial charge in [-0.1, -0.05) is 43.1 Å². The predicted molar refractivity (Wildman–Crippen MR) is 94.6 cm³/mol. The smallest absolute Gasteiger partial charge is 0.334 e. The molecule has 2 rings (SSSR count). The monoisotopic (exact) mass is 383 g/mol. The minimum atomic E-state index is -0.910. The molecule has 0 aliphatic carbocycles. The van der Waals surface area contributed by atoms with Crippen LogP contribution in [0.2, 0.25) is 10.0 Å². The number of nitrogens with one attached hydrogen (secondary N) is 1. The van der Waals surface area contributed by atoms with E-state index in [0.29, 0.717) is 0 Å². The van der Waals surface area contributed by atoms with Crippen LogP contribution in [-0.4, -0.2) is 17.9 Å². The second-order valence-corrected chi connectivity index (χ2v) is 6.46. The fraction of sp³-hybridized carbons (Fsp3) is 0.222. The minimum absolute atomic E-state index is 0.112. The van der Waals surface area contributed by atoms with Crippen molar-refractivity contribution in [2.24, 2.45) is 5.92 Å². The van der Waals surface area contributed by atoms with Gasteiger partial charge in [-0.05, 0) is 42.3 Å². The molecule has 7 heteroatoms. The fourth-order valence-electron chi connectivity index (χ4n) is 2.06. The molecule has 0 radical (unpaired) electrons.